The number of nitriles is 1. The van der Waals surface area contributed by atoms with Gasteiger partial charge in [0.15, 0.2) is 18.5 Å². The minimum atomic E-state index is -3.41. The largest absolute Gasteiger partial charge is 0.479 e. The normalized spacial score (nSPS) is 11.8. The van der Waals surface area contributed by atoms with Crippen LogP contribution >= 0.6 is 0 Å². The molecule has 0 aromatic heterocycles. The molecule has 0 radical (unpaired) electrons. The summed E-state index contributed by atoms with van der Waals surface area (Å²) in [5, 5.41) is 8.75. The molecule has 0 unspecified atom stereocenters. The third kappa shape index (κ3) is 6.41. The molecule has 2 aromatic rings. The lowest BCUT2D eigenvalue weighted by Crippen LogP contribution is -2.28. The first-order valence-corrected chi connectivity index (χ1v) is 10.0. The van der Waals surface area contributed by atoms with Crippen LogP contribution in [0.2, 0.25) is 0 Å². The van der Waals surface area contributed by atoms with Crippen molar-refractivity contribution in [3.05, 3.63) is 59.7 Å². The van der Waals surface area contributed by atoms with E-state index < -0.39 is 34.5 Å². The number of carbonyl (C=O) groups is 2. The third-order valence-corrected chi connectivity index (χ3v) is 4.09. The van der Waals surface area contributed by atoms with Crippen molar-refractivity contribution in [3.63, 3.8) is 0 Å². The van der Waals surface area contributed by atoms with E-state index in [-0.39, 0.29) is 5.56 Å². The zero-order valence-corrected chi connectivity index (χ0v) is 16.0. The van der Waals surface area contributed by atoms with Crippen molar-refractivity contribution in [2.75, 3.05) is 17.6 Å². The highest BCUT2D eigenvalue weighted by Gasteiger charge is 2.18. The molecule has 0 aliphatic carbocycles. The second kappa shape index (κ2) is 9.01. The number of anilines is 1. The number of rotatable bonds is 8. The minimum Gasteiger partial charge on any atom is -0.479 e. The highest BCUT2D eigenvalue weighted by Crippen LogP contribution is 2.14. The summed E-state index contributed by atoms with van der Waals surface area (Å²) in [6, 6.07) is 13.9. The SMILES string of the molecule is C[C@H](Oc1ccc(C#N)cc1)C(=O)OCC(=O)c1ccc(NS(C)(=O)=O)cc1. The number of benzene rings is 2. The summed E-state index contributed by atoms with van der Waals surface area (Å²) < 4.78 is 35.0. The number of ether oxygens (including phenoxy) is 2. The van der Waals surface area contributed by atoms with Crippen LogP contribution in [0.15, 0.2) is 48.5 Å². The number of hydrogen-bond donors (Lipinski definition) is 1. The minimum absolute atomic E-state index is 0.271. The number of nitrogens with zero attached hydrogens (tertiary/aromatic N) is 1. The lowest BCUT2D eigenvalue weighted by Gasteiger charge is -2.13. The molecule has 0 saturated carbocycles. The summed E-state index contributed by atoms with van der Waals surface area (Å²) in [7, 11) is -3.41. The molecule has 0 fully saturated rings. The van der Waals surface area contributed by atoms with E-state index in [2.05, 4.69) is 4.72 Å². The Morgan fingerprint density at radius 3 is 2.25 bits per heavy atom. The van der Waals surface area contributed by atoms with Crippen LogP contribution in [0.25, 0.3) is 0 Å². The monoisotopic (exact) mass is 402 g/mol. The fraction of sp³-hybridized carbons (Fsp3) is 0.211. The van der Waals surface area contributed by atoms with Gasteiger partial charge < -0.3 is 9.47 Å². The van der Waals surface area contributed by atoms with Crippen molar-refractivity contribution < 1.29 is 27.5 Å². The average Bonchev–Trinajstić information content (AvgIpc) is 2.65. The molecular weight excluding hydrogens is 384 g/mol. The molecule has 2 aromatic carbocycles. The molecule has 0 aliphatic heterocycles. The number of Topliss-reactive ketones (excluding diaryl/α,β-unsaturated/α-hetero) is 1. The van der Waals surface area contributed by atoms with Gasteiger partial charge in [-0.25, -0.2) is 13.2 Å². The molecule has 0 spiro atoms. The highest BCUT2D eigenvalue weighted by atomic mass is 32.2. The van der Waals surface area contributed by atoms with Crippen molar-refractivity contribution in [3.8, 4) is 11.8 Å². The Morgan fingerprint density at radius 2 is 1.71 bits per heavy atom. The van der Waals surface area contributed by atoms with Crippen LogP contribution in [-0.2, 0) is 19.6 Å². The molecule has 8 nitrogen and oxygen atoms in total. The Hall–Kier alpha value is -3.38. The van der Waals surface area contributed by atoms with Crippen LogP contribution < -0.4 is 9.46 Å². The van der Waals surface area contributed by atoms with Crippen LogP contribution in [0.3, 0.4) is 0 Å². The Morgan fingerprint density at radius 1 is 1.11 bits per heavy atom. The first kappa shape index (κ1) is 20.9. The highest BCUT2D eigenvalue weighted by molar-refractivity contribution is 7.92. The molecule has 0 aliphatic rings. The van der Waals surface area contributed by atoms with Crippen LogP contribution in [0, 0.1) is 11.3 Å². The van der Waals surface area contributed by atoms with Gasteiger partial charge in [-0.2, -0.15) is 5.26 Å². The lowest BCUT2D eigenvalue weighted by atomic mass is 10.1. The summed E-state index contributed by atoms with van der Waals surface area (Å²) in [6.07, 6.45) is 0.0779. The molecule has 1 N–H and O–H groups in total. The van der Waals surface area contributed by atoms with Gasteiger partial charge in [-0.15, -0.1) is 0 Å². The fourth-order valence-corrected chi connectivity index (χ4v) is 2.70. The van der Waals surface area contributed by atoms with Gasteiger partial charge in [-0.3, -0.25) is 9.52 Å². The zero-order chi connectivity index (χ0) is 20.7. The molecule has 0 saturated heterocycles. The Balaban J connectivity index is 1.87. The van der Waals surface area contributed by atoms with Crippen LogP contribution in [0.5, 0.6) is 5.75 Å². The van der Waals surface area contributed by atoms with E-state index >= 15 is 0 Å². The molecular formula is C19H18N2O6S. The van der Waals surface area contributed by atoms with Gasteiger partial charge in [0.1, 0.15) is 5.75 Å². The summed E-state index contributed by atoms with van der Waals surface area (Å²) in [5.41, 5.74) is 1.05. The van der Waals surface area contributed by atoms with Gasteiger partial charge in [0, 0.05) is 11.3 Å². The second-order valence-electron chi connectivity index (χ2n) is 5.88. The topological polar surface area (TPSA) is 123 Å². The van der Waals surface area contributed by atoms with Gasteiger partial charge in [0.05, 0.1) is 17.9 Å². The van der Waals surface area contributed by atoms with Crippen molar-refractivity contribution in [2.45, 2.75) is 13.0 Å². The molecule has 146 valence electrons. The number of sulfonamides is 1. The van der Waals surface area contributed by atoms with Gasteiger partial charge >= 0.3 is 5.97 Å². The second-order valence-corrected chi connectivity index (χ2v) is 7.63. The van der Waals surface area contributed by atoms with Gasteiger partial charge in [-0.1, -0.05) is 0 Å². The first-order chi connectivity index (χ1) is 13.2. The van der Waals surface area contributed by atoms with E-state index in [1.54, 1.807) is 24.3 Å². The summed E-state index contributed by atoms with van der Waals surface area (Å²) >= 11 is 0. The molecule has 28 heavy (non-hydrogen) atoms. The molecule has 0 amide bonds. The van der Waals surface area contributed by atoms with Crippen molar-refractivity contribution >= 4 is 27.5 Å². The average molecular weight is 402 g/mol. The predicted molar refractivity (Wildman–Crippen MR) is 101 cm³/mol. The maximum absolute atomic E-state index is 12.1. The third-order valence-electron chi connectivity index (χ3n) is 3.48. The number of esters is 1. The first-order valence-electron chi connectivity index (χ1n) is 8.12. The molecule has 2 rings (SSSR count). The number of ketones is 1. The van der Waals surface area contributed by atoms with Crippen molar-refractivity contribution in [1.82, 2.24) is 0 Å². The van der Waals surface area contributed by atoms with Gasteiger partial charge in [0.2, 0.25) is 10.0 Å². The lowest BCUT2D eigenvalue weighted by molar-refractivity contribution is -0.149. The number of nitrogens with one attached hydrogen (secondary N) is 1. The van der Waals surface area contributed by atoms with Gasteiger partial charge in [-0.05, 0) is 55.5 Å². The van der Waals surface area contributed by atoms with E-state index in [1.807, 2.05) is 6.07 Å². The Kier molecular flexibility index (Phi) is 6.74. The summed E-state index contributed by atoms with van der Waals surface area (Å²) in [6.45, 7) is 1.01. The van der Waals surface area contributed by atoms with Crippen LogP contribution in [-0.4, -0.2) is 39.1 Å². The maximum atomic E-state index is 12.1. The fourth-order valence-electron chi connectivity index (χ4n) is 2.14. The Bertz CT molecular complexity index is 992. The maximum Gasteiger partial charge on any atom is 0.347 e. The summed E-state index contributed by atoms with van der Waals surface area (Å²) in [4.78, 5) is 24.1. The zero-order valence-electron chi connectivity index (χ0n) is 15.2. The molecule has 1 atom stereocenters. The summed E-state index contributed by atoms with van der Waals surface area (Å²) in [5.74, 6) is -0.762. The van der Waals surface area contributed by atoms with E-state index in [4.69, 9.17) is 14.7 Å². The quantitative estimate of drug-likeness (QED) is 0.530. The smallest absolute Gasteiger partial charge is 0.347 e. The van der Waals surface area contributed by atoms with Crippen molar-refractivity contribution in [1.29, 1.82) is 5.26 Å². The Labute approximate surface area is 162 Å². The van der Waals surface area contributed by atoms with E-state index in [0.29, 0.717) is 17.0 Å². The van der Waals surface area contributed by atoms with E-state index in [1.165, 1.54) is 31.2 Å². The number of hydrogen-bond acceptors (Lipinski definition) is 7. The van der Waals surface area contributed by atoms with Crippen LogP contribution in [0.4, 0.5) is 5.69 Å². The molecule has 0 bridgehead atoms. The van der Waals surface area contributed by atoms with Gasteiger partial charge in [0.25, 0.3) is 0 Å². The molecule has 0 heterocycles. The van der Waals surface area contributed by atoms with Crippen LogP contribution in [0.1, 0.15) is 22.8 Å². The molecule has 9 heteroatoms. The van der Waals surface area contributed by atoms with Crippen molar-refractivity contribution in [2.24, 2.45) is 0 Å². The van der Waals surface area contributed by atoms with E-state index in [0.717, 1.165) is 6.26 Å². The number of carbonyl (C=O) groups excluding carboxylic acids is 2. The predicted octanol–water partition coefficient (Wildman–Crippen LogP) is 2.12. The standard InChI is InChI=1S/C19H18N2O6S/c1-13(27-17-9-3-14(11-20)4-10-17)19(23)26-12-18(22)15-5-7-16(8-6-15)21-28(2,24)25/h3-10,13,21H,12H2,1-2H3/t13-/m0/s1. The van der Waals surface area contributed by atoms with E-state index in [9.17, 15) is 18.0 Å².